The number of methoxy groups -OCH3 is 1. The van der Waals surface area contributed by atoms with E-state index >= 15 is 0 Å². The molecular formula is C18H17N3O3S. The summed E-state index contributed by atoms with van der Waals surface area (Å²) in [6, 6.07) is 7.65. The molecule has 0 atom stereocenters. The van der Waals surface area contributed by atoms with E-state index in [2.05, 4.69) is 10.1 Å². The lowest BCUT2D eigenvalue weighted by molar-refractivity contribution is 0.0982. The fourth-order valence-electron chi connectivity index (χ4n) is 2.51. The van der Waals surface area contributed by atoms with Gasteiger partial charge in [0.1, 0.15) is 11.4 Å². The molecule has 128 valence electrons. The quantitative estimate of drug-likeness (QED) is 0.479. The normalized spacial score (nSPS) is 10.6. The molecule has 0 aliphatic rings. The van der Waals surface area contributed by atoms with E-state index < -0.39 is 0 Å². The highest BCUT2D eigenvalue weighted by molar-refractivity contribution is 7.11. The highest BCUT2D eigenvalue weighted by atomic mass is 32.1. The molecule has 7 heteroatoms. The Hall–Kier alpha value is -2.80. The van der Waals surface area contributed by atoms with Crippen LogP contribution in [0.4, 0.5) is 0 Å². The Bertz CT molecular complexity index is 897. The van der Waals surface area contributed by atoms with Gasteiger partial charge in [-0.2, -0.15) is 5.10 Å². The Labute approximate surface area is 149 Å². The molecule has 0 radical (unpaired) electrons. The van der Waals surface area contributed by atoms with Crippen LogP contribution in [0.3, 0.4) is 0 Å². The third-order valence-electron chi connectivity index (χ3n) is 3.81. The molecule has 0 amide bonds. The maximum atomic E-state index is 12.3. The topological polar surface area (TPSA) is 74.1 Å². The van der Waals surface area contributed by atoms with Crippen molar-refractivity contribution in [2.45, 2.75) is 19.9 Å². The molecule has 0 N–H and O–H groups in total. The molecule has 3 aromatic rings. The van der Waals surface area contributed by atoms with Gasteiger partial charge >= 0.3 is 0 Å². The molecule has 25 heavy (non-hydrogen) atoms. The lowest BCUT2D eigenvalue weighted by Gasteiger charge is -2.03. The maximum absolute atomic E-state index is 12.3. The average Bonchev–Trinajstić information content (AvgIpc) is 3.27. The van der Waals surface area contributed by atoms with E-state index in [0.29, 0.717) is 34.8 Å². The minimum atomic E-state index is -0.0756. The van der Waals surface area contributed by atoms with Crippen LogP contribution in [0.1, 0.15) is 39.1 Å². The second-order valence-corrected chi connectivity index (χ2v) is 6.28. The van der Waals surface area contributed by atoms with Crippen molar-refractivity contribution >= 4 is 23.4 Å². The van der Waals surface area contributed by atoms with Gasteiger partial charge in [-0.3, -0.25) is 14.3 Å². The van der Waals surface area contributed by atoms with Crippen molar-refractivity contribution in [2.24, 2.45) is 0 Å². The molecule has 0 unspecified atom stereocenters. The summed E-state index contributed by atoms with van der Waals surface area (Å²) in [5.41, 5.74) is 4.09. The van der Waals surface area contributed by atoms with Crippen molar-refractivity contribution in [3.05, 3.63) is 52.1 Å². The number of rotatable bonds is 7. The zero-order valence-corrected chi connectivity index (χ0v) is 14.7. The molecule has 0 bridgehead atoms. The number of Topliss-reactive ketones (excluding diaryl/α,β-unsaturated/α-hetero) is 1. The van der Waals surface area contributed by atoms with Gasteiger partial charge in [-0.25, -0.2) is 4.98 Å². The molecule has 0 saturated carbocycles. The number of hydrogen-bond acceptors (Lipinski definition) is 6. The van der Waals surface area contributed by atoms with Crippen LogP contribution < -0.4 is 4.74 Å². The number of nitrogens with zero attached hydrogens (tertiary/aromatic N) is 3. The first-order valence-electron chi connectivity index (χ1n) is 7.78. The zero-order valence-electron chi connectivity index (χ0n) is 13.9. The van der Waals surface area contributed by atoms with Crippen molar-refractivity contribution in [1.29, 1.82) is 0 Å². The number of thiazole rings is 1. The molecule has 0 saturated heterocycles. The monoisotopic (exact) mass is 355 g/mol. The summed E-state index contributed by atoms with van der Waals surface area (Å²) >= 11 is 1.25. The van der Waals surface area contributed by atoms with Gasteiger partial charge in [-0.1, -0.05) is 19.1 Å². The standard InChI is InChI=1S/C18H17N3O3S/c1-3-15(23)17-14(18-16(10-22)25-11-19-18)9-21(20-17)8-12-4-6-13(24-2)7-5-12/h4-7,9-11H,3,8H2,1-2H3. The number of aromatic nitrogens is 3. The Morgan fingerprint density at radius 2 is 2.08 bits per heavy atom. The van der Waals surface area contributed by atoms with Crippen LogP contribution in [0.2, 0.25) is 0 Å². The lowest BCUT2D eigenvalue weighted by Crippen LogP contribution is -2.04. The number of ether oxygens (including phenoxy) is 1. The molecule has 0 fully saturated rings. The van der Waals surface area contributed by atoms with Crippen LogP contribution in [0.25, 0.3) is 11.3 Å². The smallest absolute Gasteiger partial charge is 0.183 e. The number of aldehydes is 1. The van der Waals surface area contributed by atoms with E-state index in [-0.39, 0.29) is 5.78 Å². The highest BCUT2D eigenvalue weighted by Crippen LogP contribution is 2.28. The van der Waals surface area contributed by atoms with Crippen molar-refractivity contribution in [3.8, 4) is 17.0 Å². The van der Waals surface area contributed by atoms with Crippen molar-refractivity contribution in [1.82, 2.24) is 14.8 Å². The van der Waals surface area contributed by atoms with Crippen LogP contribution in [0.15, 0.2) is 36.0 Å². The molecule has 3 rings (SSSR count). The molecule has 0 aliphatic carbocycles. The van der Waals surface area contributed by atoms with Crippen LogP contribution >= 0.6 is 11.3 Å². The van der Waals surface area contributed by atoms with Crippen molar-refractivity contribution < 1.29 is 14.3 Å². The van der Waals surface area contributed by atoms with Crippen LogP contribution in [0.5, 0.6) is 5.75 Å². The first-order valence-corrected chi connectivity index (χ1v) is 8.66. The summed E-state index contributed by atoms with van der Waals surface area (Å²) in [5, 5.41) is 4.43. The van der Waals surface area contributed by atoms with E-state index in [9.17, 15) is 9.59 Å². The molecule has 0 aliphatic heterocycles. The Morgan fingerprint density at radius 3 is 2.72 bits per heavy atom. The molecule has 6 nitrogen and oxygen atoms in total. The molecular weight excluding hydrogens is 338 g/mol. The fraction of sp³-hybridized carbons (Fsp3) is 0.222. The minimum Gasteiger partial charge on any atom is -0.497 e. The fourth-order valence-corrected chi connectivity index (χ4v) is 3.11. The SMILES string of the molecule is CCC(=O)c1nn(Cc2ccc(OC)cc2)cc1-c1ncsc1C=O. The van der Waals surface area contributed by atoms with Gasteiger partial charge in [-0.15, -0.1) is 11.3 Å². The largest absolute Gasteiger partial charge is 0.497 e. The summed E-state index contributed by atoms with van der Waals surface area (Å²) in [5.74, 6) is 0.707. The van der Waals surface area contributed by atoms with Crippen LogP contribution in [-0.4, -0.2) is 33.9 Å². The Morgan fingerprint density at radius 1 is 1.32 bits per heavy atom. The predicted octanol–water partition coefficient (Wildman–Crippen LogP) is 3.47. The van der Waals surface area contributed by atoms with Gasteiger partial charge in [0.15, 0.2) is 12.1 Å². The predicted molar refractivity (Wildman–Crippen MR) is 95.4 cm³/mol. The summed E-state index contributed by atoms with van der Waals surface area (Å²) in [4.78, 5) is 28.2. The zero-order chi connectivity index (χ0) is 17.8. The number of hydrogen-bond donors (Lipinski definition) is 0. The van der Waals surface area contributed by atoms with Gasteiger partial charge in [-0.05, 0) is 17.7 Å². The van der Waals surface area contributed by atoms with E-state index in [1.165, 1.54) is 11.3 Å². The van der Waals surface area contributed by atoms with E-state index in [0.717, 1.165) is 17.6 Å². The Balaban J connectivity index is 1.98. The van der Waals surface area contributed by atoms with Gasteiger partial charge in [0, 0.05) is 12.6 Å². The minimum absolute atomic E-state index is 0.0756. The lowest BCUT2D eigenvalue weighted by atomic mass is 10.1. The van der Waals surface area contributed by atoms with Gasteiger partial charge in [0.25, 0.3) is 0 Å². The maximum Gasteiger partial charge on any atom is 0.183 e. The highest BCUT2D eigenvalue weighted by Gasteiger charge is 2.21. The van der Waals surface area contributed by atoms with Crippen LogP contribution in [-0.2, 0) is 6.54 Å². The molecule has 2 aromatic heterocycles. The second kappa shape index (κ2) is 7.40. The summed E-state index contributed by atoms with van der Waals surface area (Å²) < 4.78 is 6.86. The first kappa shape index (κ1) is 17.0. The van der Waals surface area contributed by atoms with Gasteiger partial charge < -0.3 is 4.74 Å². The summed E-state index contributed by atoms with van der Waals surface area (Å²) in [7, 11) is 1.62. The van der Waals surface area contributed by atoms with Gasteiger partial charge in [0.05, 0.1) is 35.3 Å². The molecule has 0 spiro atoms. The third-order valence-corrected chi connectivity index (χ3v) is 4.56. The van der Waals surface area contributed by atoms with Crippen molar-refractivity contribution in [3.63, 3.8) is 0 Å². The number of carbonyl (C=O) groups excluding carboxylic acids is 2. The van der Waals surface area contributed by atoms with Crippen molar-refractivity contribution in [2.75, 3.05) is 7.11 Å². The number of carbonyl (C=O) groups is 2. The summed E-state index contributed by atoms with van der Waals surface area (Å²) in [6.45, 7) is 2.30. The summed E-state index contributed by atoms with van der Waals surface area (Å²) in [6.07, 6.45) is 2.87. The second-order valence-electron chi connectivity index (χ2n) is 5.40. The van der Waals surface area contributed by atoms with E-state index in [1.54, 1.807) is 30.4 Å². The molecule has 1 aromatic carbocycles. The molecule has 2 heterocycles. The van der Waals surface area contributed by atoms with E-state index in [1.807, 2.05) is 24.3 Å². The van der Waals surface area contributed by atoms with E-state index in [4.69, 9.17) is 4.74 Å². The van der Waals surface area contributed by atoms with Gasteiger partial charge in [0.2, 0.25) is 0 Å². The number of ketones is 1. The number of benzene rings is 1. The third kappa shape index (κ3) is 3.51. The average molecular weight is 355 g/mol. The first-order chi connectivity index (χ1) is 12.2. The Kier molecular flexibility index (Phi) is 5.04. The van der Waals surface area contributed by atoms with Crippen LogP contribution in [0, 0.1) is 0 Å².